The highest BCUT2D eigenvalue weighted by Crippen LogP contribution is 2.35. The maximum Gasteiger partial charge on any atom is 0.328 e. The summed E-state index contributed by atoms with van der Waals surface area (Å²) >= 11 is 0. The number of urea groups is 1. The lowest BCUT2D eigenvalue weighted by Gasteiger charge is -2.24. The Morgan fingerprint density at radius 2 is 2.00 bits per heavy atom. The number of nitrogens with one attached hydrogen (secondary N) is 2. The molecule has 8 heteroatoms. The molecular formula is C18H15F2N5O. The van der Waals surface area contributed by atoms with E-state index in [1.165, 1.54) is 31.0 Å². The summed E-state index contributed by atoms with van der Waals surface area (Å²) in [6.07, 6.45) is 1.55. The number of amidine groups is 1. The molecule has 2 N–H and O–H groups in total. The molecule has 1 aliphatic rings. The van der Waals surface area contributed by atoms with E-state index in [2.05, 4.69) is 20.3 Å². The Morgan fingerprint density at radius 3 is 2.77 bits per heavy atom. The van der Waals surface area contributed by atoms with Gasteiger partial charge in [-0.05, 0) is 30.7 Å². The summed E-state index contributed by atoms with van der Waals surface area (Å²) in [6.45, 7) is 1.48. The Kier molecular flexibility index (Phi) is 3.68. The van der Waals surface area contributed by atoms with Crippen molar-refractivity contribution in [3.8, 4) is 0 Å². The molecule has 2 heterocycles. The molecule has 2 aromatic carbocycles. The van der Waals surface area contributed by atoms with Crippen LogP contribution in [-0.4, -0.2) is 28.9 Å². The summed E-state index contributed by atoms with van der Waals surface area (Å²) in [5, 5.41) is 2.62. The Morgan fingerprint density at radius 1 is 1.19 bits per heavy atom. The number of benzene rings is 2. The predicted molar refractivity (Wildman–Crippen MR) is 94.3 cm³/mol. The maximum atomic E-state index is 14.6. The van der Waals surface area contributed by atoms with Gasteiger partial charge in [-0.25, -0.2) is 18.6 Å². The van der Waals surface area contributed by atoms with E-state index < -0.39 is 23.7 Å². The zero-order valence-corrected chi connectivity index (χ0v) is 14.0. The fourth-order valence-electron chi connectivity index (χ4n) is 3.15. The highest BCUT2D eigenvalue weighted by molar-refractivity contribution is 6.16. The van der Waals surface area contributed by atoms with Gasteiger partial charge in [-0.1, -0.05) is 12.1 Å². The molecule has 2 amide bonds. The second-order valence-corrected chi connectivity index (χ2v) is 6.02. The highest BCUT2D eigenvalue weighted by atomic mass is 19.2. The van der Waals surface area contributed by atoms with E-state index in [-0.39, 0.29) is 17.0 Å². The molecule has 26 heavy (non-hydrogen) atoms. The van der Waals surface area contributed by atoms with Gasteiger partial charge in [0, 0.05) is 18.3 Å². The summed E-state index contributed by atoms with van der Waals surface area (Å²) < 4.78 is 28.7. The smallest absolute Gasteiger partial charge is 0.328 e. The van der Waals surface area contributed by atoms with E-state index in [1.54, 1.807) is 24.5 Å². The van der Waals surface area contributed by atoms with E-state index in [4.69, 9.17) is 0 Å². The van der Waals surface area contributed by atoms with Crippen LogP contribution in [0.5, 0.6) is 0 Å². The molecule has 6 nitrogen and oxygen atoms in total. The lowest BCUT2D eigenvalue weighted by molar-refractivity contribution is 0.252. The molecule has 1 aromatic heterocycles. The zero-order valence-electron chi connectivity index (χ0n) is 14.0. The average molecular weight is 355 g/mol. The fourth-order valence-corrected chi connectivity index (χ4v) is 3.15. The number of nitrogens with zero attached hydrogens (tertiary/aromatic N) is 3. The van der Waals surface area contributed by atoms with Crippen LogP contribution in [-0.2, 0) is 0 Å². The number of fused-ring (bicyclic) bond motifs is 1. The molecule has 0 spiro atoms. The Bertz CT molecular complexity index is 1060. The third-order valence-electron chi connectivity index (χ3n) is 4.49. The van der Waals surface area contributed by atoms with Gasteiger partial charge in [0.1, 0.15) is 11.9 Å². The first-order valence-corrected chi connectivity index (χ1v) is 7.95. The molecule has 3 aromatic rings. The molecule has 1 aliphatic heterocycles. The molecule has 1 saturated heterocycles. The fraction of sp³-hybridized carbons (Fsp3) is 0.167. The van der Waals surface area contributed by atoms with Gasteiger partial charge >= 0.3 is 6.03 Å². The van der Waals surface area contributed by atoms with Gasteiger partial charge in [0.15, 0.2) is 11.6 Å². The van der Waals surface area contributed by atoms with Crippen LogP contribution in [0, 0.1) is 18.6 Å². The van der Waals surface area contributed by atoms with Gasteiger partial charge < -0.3 is 4.98 Å². The third kappa shape index (κ3) is 2.33. The monoisotopic (exact) mass is 355 g/mol. The molecular weight excluding hydrogens is 340 g/mol. The molecule has 0 radical (unpaired) electrons. The SMILES string of the molecule is C/N=C1/NC(=O)N(c2ccc3[nH]cnc3c2)C1c1ccc(C)c(F)c1F. The number of amides is 2. The summed E-state index contributed by atoms with van der Waals surface area (Å²) in [6, 6.07) is 6.80. The summed E-state index contributed by atoms with van der Waals surface area (Å²) in [5.74, 6) is -1.67. The zero-order chi connectivity index (χ0) is 18.4. The molecule has 1 unspecified atom stereocenters. The summed E-state index contributed by atoms with van der Waals surface area (Å²) in [5.41, 5.74) is 2.21. The van der Waals surface area contributed by atoms with E-state index >= 15 is 0 Å². The first kappa shape index (κ1) is 16.2. The number of hydrogen-bond donors (Lipinski definition) is 2. The minimum absolute atomic E-state index is 0.0363. The van der Waals surface area contributed by atoms with Crippen LogP contribution in [0.4, 0.5) is 19.3 Å². The van der Waals surface area contributed by atoms with Crippen molar-refractivity contribution in [3.63, 3.8) is 0 Å². The molecule has 1 atom stereocenters. The van der Waals surface area contributed by atoms with Crippen LogP contribution in [0.25, 0.3) is 11.0 Å². The first-order chi connectivity index (χ1) is 12.5. The van der Waals surface area contributed by atoms with Crippen LogP contribution in [0.3, 0.4) is 0 Å². The van der Waals surface area contributed by atoms with Crippen molar-refractivity contribution in [3.05, 3.63) is 59.4 Å². The normalized spacial score (nSPS) is 18.8. The van der Waals surface area contributed by atoms with Crippen molar-refractivity contribution in [1.29, 1.82) is 0 Å². The van der Waals surface area contributed by atoms with Crippen LogP contribution in [0.2, 0.25) is 0 Å². The summed E-state index contributed by atoms with van der Waals surface area (Å²) in [7, 11) is 1.49. The molecule has 132 valence electrons. The maximum absolute atomic E-state index is 14.6. The number of aliphatic imine (C=N–C) groups is 1. The van der Waals surface area contributed by atoms with Crippen LogP contribution < -0.4 is 10.2 Å². The van der Waals surface area contributed by atoms with Crippen LogP contribution in [0.1, 0.15) is 17.2 Å². The van der Waals surface area contributed by atoms with Crippen molar-refractivity contribution >= 4 is 28.6 Å². The summed E-state index contributed by atoms with van der Waals surface area (Å²) in [4.78, 5) is 25.1. The number of carbonyl (C=O) groups is 1. The second-order valence-electron chi connectivity index (χ2n) is 6.02. The van der Waals surface area contributed by atoms with Crippen molar-refractivity contribution in [2.75, 3.05) is 11.9 Å². The standard InChI is InChI=1S/C18H15F2N5O/c1-9-3-5-11(15(20)14(9)19)16-17(21-2)24-18(26)25(16)10-4-6-12-13(7-10)23-8-22-12/h3-8,16H,1-2H3,(H,22,23)(H,21,24,26). The van der Waals surface area contributed by atoms with E-state index in [0.717, 1.165) is 5.52 Å². The number of rotatable bonds is 2. The average Bonchev–Trinajstić information content (AvgIpc) is 3.23. The van der Waals surface area contributed by atoms with Gasteiger partial charge in [0.2, 0.25) is 0 Å². The molecule has 1 fully saturated rings. The number of aryl methyl sites for hydroxylation is 1. The Balaban J connectivity index is 1.89. The van der Waals surface area contributed by atoms with E-state index in [9.17, 15) is 13.6 Å². The highest BCUT2D eigenvalue weighted by Gasteiger charge is 2.40. The second kappa shape index (κ2) is 5.91. The lowest BCUT2D eigenvalue weighted by atomic mass is 10.0. The minimum Gasteiger partial charge on any atom is -0.345 e. The Hall–Kier alpha value is -3.29. The van der Waals surface area contributed by atoms with Gasteiger partial charge in [0.05, 0.1) is 17.4 Å². The van der Waals surface area contributed by atoms with Crippen molar-refractivity contribution in [2.45, 2.75) is 13.0 Å². The van der Waals surface area contributed by atoms with Crippen molar-refractivity contribution < 1.29 is 13.6 Å². The first-order valence-electron chi connectivity index (χ1n) is 7.95. The van der Waals surface area contributed by atoms with Gasteiger partial charge in [-0.2, -0.15) is 0 Å². The van der Waals surface area contributed by atoms with Gasteiger partial charge in [-0.3, -0.25) is 15.2 Å². The van der Waals surface area contributed by atoms with Crippen LogP contribution in [0.15, 0.2) is 41.7 Å². The Labute approximate surface area is 147 Å². The minimum atomic E-state index is -0.988. The third-order valence-corrected chi connectivity index (χ3v) is 4.49. The number of aromatic amines is 1. The van der Waals surface area contributed by atoms with Crippen molar-refractivity contribution in [2.24, 2.45) is 4.99 Å². The number of anilines is 1. The van der Waals surface area contributed by atoms with Gasteiger partial charge in [-0.15, -0.1) is 0 Å². The number of aromatic nitrogens is 2. The van der Waals surface area contributed by atoms with Crippen molar-refractivity contribution in [1.82, 2.24) is 15.3 Å². The van der Waals surface area contributed by atoms with E-state index in [0.29, 0.717) is 11.2 Å². The largest absolute Gasteiger partial charge is 0.345 e. The number of carbonyl (C=O) groups excluding carboxylic acids is 1. The molecule has 4 rings (SSSR count). The number of hydrogen-bond acceptors (Lipinski definition) is 3. The molecule has 0 bridgehead atoms. The number of H-pyrrole nitrogens is 1. The molecule has 0 aliphatic carbocycles. The molecule has 0 saturated carbocycles. The van der Waals surface area contributed by atoms with Gasteiger partial charge in [0.25, 0.3) is 0 Å². The topological polar surface area (TPSA) is 73.4 Å². The van der Waals surface area contributed by atoms with Crippen LogP contribution >= 0.6 is 0 Å². The quantitative estimate of drug-likeness (QED) is 0.739. The number of imidazole rings is 1. The number of halogens is 2. The lowest BCUT2D eigenvalue weighted by Crippen LogP contribution is -2.30. The predicted octanol–water partition coefficient (Wildman–Crippen LogP) is 3.45. The van der Waals surface area contributed by atoms with E-state index in [1.807, 2.05) is 0 Å².